The maximum atomic E-state index is 13.2. The van der Waals surface area contributed by atoms with Gasteiger partial charge in [0.05, 0.1) is 0 Å². The summed E-state index contributed by atoms with van der Waals surface area (Å²) in [4.78, 5) is 17.7. The molecule has 2 aromatic carbocycles. The number of aryl methyl sites for hydroxylation is 2. The highest BCUT2D eigenvalue weighted by atomic mass is 16.1. The smallest absolute Gasteiger partial charge is 0.184 e. The minimum absolute atomic E-state index is 0.0107. The van der Waals surface area contributed by atoms with Gasteiger partial charge in [0.15, 0.2) is 5.78 Å². The van der Waals surface area contributed by atoms with Gasteiger partial charge in [0.25, 0.3) is 0 Å². The van der Waals surface area contributed by atoms with E-state index in [2.05, 4.69) is 81.7 Å². The van der Waals surface area contributed by atoms with E-state index in [1.54, 1.807) is 0 Å². The van der Waals surface area contributed by atoms with E-state index in [0.29, 0.717) is 11.6 Å². The molecule has 2 unspecified atom stereocenters. The van der Waals surface area contributed by atoms with Crippen LogP contribution in [0.3, 0.4) is 0 Å². The predicted molar refractivity (Wildman–Crippen MR) is 133 cm³/mol. The molecule has 0 radical (unpaired) electrons. The lowest BCUT2D eigenvalue weighted by atomic mass is 9.83. The van der Waals surface area contributed by atoms with Crippen molar-refractivity contribution in [3.8, 4) is 11.1 Å². The van der Waals surface area contributed by atoms with Crippen molar-refractivity contribution in [3.63, 3.8) is 0 Å². The first kappa shape index (κ1) is 22.9. The molecule has 1 aliphatic heterocycles. The summed E-state index contributed by atoms with van der Waals surface area (Å²) in [5.41, 5.74) is 6.70. The molecule has 0 N–H and O–H groups in total. The molecule has 0 saturated carbocycles. The summed E-state index contributed by atoms with van der Waals surface area (Å²) in [7, 11) is 0. The number of rotatable bonds is 9. The fraction of sp³-hybridized carbons (Fsp3) is 0.379. The lowest BCUT2D eigenvalue weighted by molar-refractivity contribution is -0.120. The minimum Gasteiger partial charge on any atom is -0.292 e. The van der Waals surface area contributed by atoms with Crippen molar-refractivity contribution in [2.45, 2.75) is 53.4 Å². The van der Waals surface area contributed by atoms with Gasteiger partial charge in [0.1, 0.15) is 5.70 Å². The molecule has 2 nitrogen and oxygen atoms in total. The lowest BCUT2D eigenvalue weighted by Crippen LogP contribution is -2.23. The molecule has 0 fully saturated rings. The first-order valence-corrected chi connectivity index (χ1v) is 11.5. The van der Waals surface area contributed by atoms with Crippen LogP contribution >= 0.6 is 0 Å². The Bertz CT molecular complexity index is 978. The van der Waals surface area contributed by atoms with Crippen molar-refractivity contribution in [3.05, 3.63) is 77.5 Å². The van der Waals surface area contributed by atoms with Gasteiger partial charge in [-0.1, -0.05) is 87.5 Å². The Kier molecular flexibility index (Phi) is 7.79. The third-order valence-corrected chi connectivity index (χ3v) is 6.40. The standard InChI is InChI=1S/C29H35NO/c1-6-22-12-17-28(30-19-22)29(31)26(20(3)4)16-11-23-10-15-24(7-2)27(18-23)25-13-8-21(5)9-14-25/h7-10,13-15,17-20,22,26H,2,6,11-12,16H2,1,3-5H3. The van der Waals surface area contributed by atoms with Crippen LogP contribution < -0.4 is 0 Å². The highest BCUT2D eigenvalue weighted by Gasteiger charge is 2.26. The van der Waals surface area contributed by atoms with Gasteiger partial charge in [-0.25, -0.2) is 0 Å². The van der Waals surface area contributed by atoms with Gasteiger partial charge in [-0.15, -0.1) is 0 Å². The highest BCUT2D eigenvalue weighted by molar-refractivity contribution is 5.98. The van der Waals surface area contributed by atoms with E-state index in [1.807, 2.05) is 18.4 Å². The Morgan fingerprint density at radius 1 is 1.19 bits per heavy atom. The molecule has 2 aromatic rings. The number of Topliss-reactive ketones (excluding diaryl/α,β-unsaturated/α-hetero) is 1. The van der Waals surface area contributed by atoms with Gasteiger partial charge in [-0.2, -0.15) is 0 Å². The van der Waals surface area contributed by atoms with Crippen molar-refractivity contribution >= 4 is 18.1 Å². The summed E-state index contributed by atoms with van der Waals surface area (Å²) in [5.74, 6) is 0.944. The molecule has 0 aromatic heterocycles. The van der Waals surface area contributed by atoms with Crippen molar-refractivity contribution in [2.24, 2.45) is 22.7 Å². The van der Waals surface area contributed by atoms with E-state index in [0.717, 1.165) is 31.2 Å². The Hall–Kier alpha value is -2.74. The molecule has 0 saturated heterocycles. The third-order valence-electron chi connectivity index (χ3n) is 6.40. The lowest BCUT2D eigenvalue weighted by Gasteiger charge is -2.22. The second kappa shape index (κ2) is 10.5. The van der Waals surface area contributed by atoms with Crippen LogP contribution in [0, 0.1) is 24.7 Å². The molecule has 0 spiro atoms. The van der Waals surface area contributed by atoms with E-state index in [4.69, 9.17) is 0 Å². The molecule has 1 heterocycles. The fourth-order valence-electron chi connectivity index (χ4n) is 4.20. The molecule has 3 rings (SSSR count). The first-order chi connectivity index (χ1) is 14.9. The van der Waals surface area contributed by atoms with Crippen molar-refractivity contribution in [1.82, 2.24) is 0 Å². The van der Waals surface area contributed by atoms with E-state index in [-0.39, 0.29) is 17.6 Å². The zero-order valence-electron chi connectivity index (χ0n) is 19.4. The molecule has 0 amide bonds. The summed E-state index contributed by atoms with van der Waals surface area (Å²) >= 11 is 0. The molecule has 2 atom stereocenters. The van der Waals surface area contributed by atoms with Crippen LogP contribution in [0.5, 0.6) is 0 Å². The molecule has 31 heavy (non-hydrogen) atoms. The third kappa shape index (κ3) is 5.70. The first-order valence-electron chi connectivity index (χ1n) is 11.5. The minimum atomic E-state index is -0.0107. The molecular formula is C29H35NO. The second-order valence-corrected chi connectivity index (χ2v) is 9.02. The van der Waals surface area contributed by atoms with Gasteiger partial charge < -0.3 is 0 Å². The average molecular weight is 414 g/mol. The zero-order chi connectivity index (χ0) is 22.4. The van der Waals surface area contributed by atoms with Crippen LogP contribution in [0.15, 0.2) is 65.8 Å². The van der Waals surface area contributed by atoms with E-state index in [9.17, 15) is 4.79 Å². The Morgan fingerprint density at radius 3 is 2.52 bits per heavy atom. The summed E-state index contributed by atoms with van der Waals surface area (Å²) in [6.45, 7) is 12.5. The summed E-state index contributed by atoms with van der Waals surface area (Å²) in [5, 5.41) is 0. The van der Waals surface area contributed by atoms with Crippen molar-refractivity contribution in [1.29, 1.82) is 0 Å². The van der Waals surface area contributed by atoms with Gasteiger partial charge in [0, 0.05) is 12.1 Å². The van der Waals surface area contributed by atoms with Crippen LogP contribution in [0.1, 0.15) is 56.7 Å². The Morgan fingerprint density at radius 2 is 1.94 bits per heavy atom. The van der Waals surface area contributed by atoms with Crippen LogP contribution in [0.2, 0.25) is 0 Å². The van der Waals surface area contributed by atoms with E-state index in [1.165, 1.54) is 22.3 Å². The van der Waals surface area contributed by atoms with Crippen LogP contribution in [0.4, 0.5) is 0 Å². The summed E-state index contributed by atoms with van der Waals surface area (Å²) in [6.07, 6.45) is 9.62. The maximum absolute atomic E-state index is 13.2. The average Bonchev–Trinajstić information content (AvgIpc) is 2.79. The number of carbonyl (C=O) groups is 1. The largest absolute Gasteiger partial charge is 0.292 e. The monoisotopic (exact) mass is 413 g/mol. The van der Waals surface area contributed by atoms with E-state index < -0.39 is 0 Å². The van der Waals surface area contributed by atoms with Crippen LogP contribution in [-0.4, -0.2) is 12.0 Å². The maximum Gasteiger partial charge on any atom is 0.184 e. The molecule has 162 valence electrons. The summed E-state index contributed by atoms with van der Waals surface area (Å²) in [6, 6.07) is 15.2. The number of carbonyl (C=O) groups excluding carboxylic acids is 1. The Balaban J connectivity index is 1.76. The zero-order valence-corrected chi connectivity index (χ0v) is 19.4. The molecule has 0 aliphatic carbocycles. The number of allylic oxidation sites excluding steroid dienone is 2. The molecule has 0 bridgehead atoms. The molecule has 1 aliphatic rings. The number of hydrogen-bond donors (Lipinski definition) is 0. The van der Waals surface area contributed by atoms with Gasteiger partial charge in [-0.05, 0) is 66.7 Å². The van der Waals surface area contributed by atoms with Gasteiger partial charge in [-0.3, -0.25) is 9.79 Å². The predicted octanol–water partition coefficient (Wildman–Crippen LogP) is 7.46. The SMILES string of the molecule is C=Cc1ccc(CCC(C(=O)C2=CCC(CC)C=N2)C(C)C)cc1-c1ccc(C)cc1. The normalized spacial score (nSPS) is 16.8. The number of aliphatic imine (C=N–C) groups is 1. The van der Waals surface area contributed by atoms with Crippen LogP contribution in [0.25, 0.3) is 17.2 Å². The fourth-order valence-corrected chi connectivity index (χ4v) is 4.20. The number of hydrogen-bond acceptors (Lipinski definition) is 2. The van der Waals surface area contributed by atoms with Crippen molar-refractivity contribution in [2.75, 3.05) is 0 Å². The Labute approximate surface area is 187 Å². The quantitative estimate of drug-likeness (QED) is 0.419. The van der Waals surface area contributed by atoms with Gasteiger partial charge in [0.2, 0.25) is 0 Å². The number of nitrogens with zero attached hydrogens (tertiary/aromatic N) is 1. The van der Waals surface area contributed by atoms with Gasteiger partial charge >= 0.3 is 0 Å². The van der Waals surface area contributed by atoms with Crippen LogP contribution in [-0.2, 0) is 11.2 Å². The molecular weight excluding hydrogens is 378 g/mol. The second-order valence-electron chi connectivity index (χ2n) is 9.02. The topological polar surface area (TPSA) is 29.4 Å². The summed E-state index contributed by atoms with van der Waals surface area (Å²) < 4.78 is 0. The molecule has 2 heteroatoms. The number of benzene rings is 2. The number of ketones is 1. The highest BCUT2D eigenvalue weighted by Crippen LogP contribution is 2.29. The van der Waals surface area contributed by atoms with Crippen molar-refractivity contribution < 1.29 is 4.79 Å². The van der Waals surface area contributed by atoms with E-state index >= 15 is 0 Å².